The molecule has 2 N–H and O–H groups in total. The third-order valence-corrected chi connectivity index (χ3v) is 5.35. The van der Waals surface area contributed by atoms with Gasteiger partial charge in [-0.25, -0.2) is 4.79 Å². The van der Waals surface area contributed by atoms with Crippen molar-refractivity contribution in [2.75, 3.05) is 26.6 Å². The molecule has 2 heterocycles. The number of H-pyrrole nitrogens is 1. The van der Waals surface area contributed by atoms with E-state index in [0.717, 1.165) is 5.39 Å². The number of carbonyl (C=O) groups excluding carboxylic acids is 1. The number of pyridine rings is 1. The fourth-order valence-corrected chi connectivity index (χ4v) is 3.63. The zero-order valence-electron chi connectivity index (χ0n) is 19.1. The van der Waals surface area contributed by atoms with Crippen molar-refractivity contribution in [1.29, 1.82) is 0 Å². The van der Waals surface area contributed by atoms with Gasteiger partial charge in [0.1, 0.15) is 11.5 Å². The fraction of sp³-hybridized carbons (Fsp3) is 0.200. The Bertz CT molecular complexity index is 1350. The molecule has 0 aliphatic carbocycles. The predicted molar refractivity (Wildman–Crippen MR) is 128 cm³/mol. The molecule has 0 radical (unpaired) electrons. The number of nitrogens with zero attached hydrogens (tertiary/aromatic N) is 1. The van der Waals surface area contributed by atoms with Crippen LogP contribution in [0.15, 0.2) is 70.1 Å². The number of nitrogens with one attached hydrogen (secondary N) is 2. The Morgan fingerprint density at radius 1 is 0.941 bits per heavy atom. The number of amides is 2. The first kappa shape index (κ1) is 22.8. The summed E-state index contributed by atoms with van der Waals surface area (Å²) >= 11 is 0. The van der Waals surface area contributed by atoms with Gasteiger partial charge in [0.15, 0.2) is 11.5 Å². The van der Waals surface area contributed by atoms with Crippen LogP contribution in [0.3, 0.4) is 0 Å². The SMILES string of the molecule is COc1ccccc1NC(=O)N(Cc1ccco1)Cc1cc2cc(OC)c(OC)cc2[nH]c1=O. The van der Waals surface area contributed by atoms with E-state index in [4.69, 9.17) is 18.6 Å². The molecule has 0 saturated carbocycles. The molecule has 0 aliphatic rings. The summed E-state index contributed by atoms with van der Waals surface area (Å²) in [6.45, 7) is 0.207. The number of hydrogen-bond acceptors (Lipinski definition) is 6. The Kier molecular flexibility index (Phi) is 6.72. The van der Waals surface area contributed by atoms with E-state index >= 15 is 0 Å². The van der Waals surface area contributed by atoms with Crippen molar-refractivity contribution >= 4 is 22.6 Å². The van der Waals surface area contributed by atoms with Crippen LogP contribution < -0.4 is 25.1 Å². The van der Waals surface area contributed by atoms with E-state index in [9.17, 15) is 9.59 Å². The third kappa shape index (κ3) is 4.83. The lowest BCUT2D eigenvalue weighted by atomic mass is 10.1. The van der Waals surface area contributed by atoms with Crippen molar-refractivity contribution in [2.24, 2.45) is 0 Å². The van der Waals surface area contributed by atoms with E-state index in [-0.39, 0.29) is 18.6 Å². The van der Waals surface area contributed by atoms with E-state index in [1.165, 1.54) is 25.4 Å². The number of furan rings is 1. The van der Waals surface area contributed by atoms with Crippen molar-refractivity contribution < 1.29 is 23.4 Å². The monoisotopic (exact) mass is 463 g/mol. The largest absolute Gasteiger partial charge is 0.495 e. The Morgan fingerprint density at radius 2 is 1.68 bits per heavy atom. The molecular formula is C25H25N3O6. The van der Waals surface area contributed by atoms with Gasteiger partial charge >= 0.3 is 6.03 Å². The summed E-state index contributed by atoms with van der Waals surface area (Å²) in [4.78, 5) is 30.5. The highest BCUT2D eigenvalue weighted by Gasteiger charge is 2.20. The number of hydrogen-bond donors (Lipinski definition) is 2. The molecule has 0 bridgehead atoms. The van der Waals surface area contributed by atoms with Gasteiger partial charge < -0.3 is 33.8 Å². The minimum absolute atomic E-state index is 0.0430. The number of para-hydroxylation sites is 2. The van der Waals surface area contributed by atoms with E-state index < -0.39 is 6.03 Å². The van der Waals surface area contributed by atoms with E-state index in [1.807, 2.05) is 6.07 Å². The van der Waals surface area contributed by atoms with Gasteiger partial charge in [0.25, 0.3) is 5.56 Å². The normalized spacial score (nSPS) is 10.7. The number of ether oxygens (including phenoxy) is 3. The predicted octanol–water partition coefficient (Wildman–Crippen LogP) is 4.38. The molecule has 0 aliphatic heterocycles. The second kappa shape index (κ2) is 10.0. The van der Waals surface area contributed by atoms with Crippen LogP contribution in [0.25, 0.3) is 10.9 Å². The number of rotatable bonds is 8. The van der Waals surface area contributed by atoms with Gasteiger partial charge in [0.05, 0.1) is 51.9 Å². The van der Waals surface area contributed by atoms with Crippen LogP contribution in [-0.2, 0) is 13.1 Å². The number of carbonyl (C=O) groups is 1. The van der Waals surface area contributed by atoms with Gasteiger partial charge in [-0.1, -0.05) is 12.1 Å². The van der Waals surface area contributed by atoms with Gasteiger partial charge in [-0.15, -0.1) is 0 Å². The van der Waals surface area contributed by atoms with Crippen LogP contribution in [0.5, 0.6) is 17.2 Å². The molecule has 4 rings (SSSR count). The van der Waals surface area contributed by atoms with Crippen LogP contribution in [0, 0.1) is 0 Å². The molecule has 0 saturated heterocycles. The zero-order valence-corrected chi connectivity index (χ0v) is 19.1. The summed E-state index contributed by atoms with van der Waals surface area (Å²) in [5.41, 5.74) is 1.21. The van der Waals surface area contributed by atoms with Crippen LogP contribution >= 0.6 is 0 Å². The molecule has 2 amide bonds. The van der Waals surface area contributed by atoms with E-state index in [0.29, 0.717) is 39.8 Å². The van der Waals surface area contributed by atoms with Crippen molar-refractivity contribution in [1.82, 2.24) is 9.88 Å². The summed E-state index contributed by atoms with van der Waals surface area (Å²) in [5, 5.41) is 3.60. The van der Waals surface area contributed by atoms with Crippen molar-refractivity contribution in [2.45, 2.75) is 13.1 Å². The number of aromatic amines is 1. The van der Waals surface area contributed by atoms with Crippen molar-refractivity contribution in [3.8, 4) is 17.2 Å². The average molecular weight is 463 g/mol. The molecule has 2 aromatic carbocycles. The first-order valence-electron chi connectivity index (χ1n) is 10.5. The zero-order chi connectivity index (χ0) is 24.1. The molecule has 0 unspecified atom stereocenters. The maximum absolute atomic E-state index is 13.2. The van der Waals surface area contributed by atoms with Gasteiger partial charge in [0, 0.05) is 17.0 Å². The number of benzene rings is 2. The van der Waals surface area contributed by atoms with Gasteiger partial charge in [-0.05, 0) is 36.4 Å². The summed E-state index contributed by atoms with van der Waals surface area (Å²) in [6.07, 6.45) is 1.54. The van der Waals surface area contributed by atoms with Crippen LogP contribution in [0.1, 0.15) is 11.3 Å². The number of methoxy groups -OCH3 is 3. The lowest BCUT2D eigenvalue weighted by Gasteiger charge is -2.23. The number of fused-ring (bicyclic) bond motifs is 1. The van der Waals surface area contributed by atoms with E-state index in [2.05, 4.69) is 10.3 Å². The Labute approximate surface area is 195 Å². The highest BCUT2D eigenvalue weighted by Crippen LogP contribution is 2.31. The molecule has 2 aromatic heterocycles. The highest BCUT2D eigenvalue weighted by molar-refractivity contribution is 5.91. The minimum Gasteiger partial charge on any atom is -0.495 e. The first-order chi connectivity index (χ1) is 16.5. The molecule has 176 valence electrons. The number of anilines is 1. The van der Waals surface area contributed by atoms with Gasteiger partial charge in [-0.3, -0.25) is 4.79 Å². The molecular weight excluding hydrogens is 438 g/mol. The fourth-order valence-electron chi connectivity index (χ4n) is 3.63. The molecule has 9 nitrogen and oxygen atoms in total. The third-order valence-electron chi connectivity index (χ3n) is 5.35. The van der Waals surface area contributed by atoms with Crippen LogP contribution in [0.2, 0.25) is 0 Å². The summed E-state index contributed by atoms with van der Waals surface area (Å²) < 4.78 is 21.5. The highest BCUT2D eigenvalue weighted by atomic mass is 16.5. The first-order valence-corrected chi connectivity index (χ1v) is 10.5. The van der Waals surface area contributed by atoms with Gasteiger partial charge in [0.2, 0.25) is 0 Å². The quantitative estimate of drug-likeness (QED) is 0.402. The standard InChI is InChI=1S/C25H25N3O6/c1-31-21-9-5-4-8-19(21)27-25(30)28(15-18-7-6-10-34-18)14-17-11-16-12-22(32-2)23(33-3)13-20(16)26-24(17)29/h4-13H,14-15H2,1-3H3,(H,26,29)(H,27,30). The molecule has 0 fully saturated rings. The Morgan fingerprint density at radius 3 is 2.38 bits per heavy atom. The lowest BCUT2D eigenvalue weighted by molar-refractivity contribution is 0.201. The molecule has 9 heteroatoms. The Hall–Kier alpha value is -4.40. The lowest BCUT2D eigenvalue weighted by Crippen LogP contribution is -2.35. The second-order valence-electron chi connectivity index (χ2n) is 7.48. The molecule has 0 spiro atoms. The Balaban J connectivity index is 1.67. The summed E-state index contributed by atoms with van der Waals surface area (Å²) in [6, 6.07) is 15.4. The number of aromatic nitrogens is 1. The molecule has 34 heavy (non-hydrogen) atoms. The summed E-state index contributed by atoms with van der Waals surface area (Å²) in [5.74, 6) is 2.15. The maximum Gasteiger partial charge on any atom is 0.322 e. The maximum atomic E-state index is 13.2. The van der Waals surface area contributed by atoms with Crippen LogP contribution in [0.4, 0.5) is 10.5 Å². The van der Waals surface area contributed by atoms with Gasteiger partial charge in [-0.2, -0.15) is 0 Å². The van der Waals surface area contributed by atoms with Crippen LogP contribution in [-0.4, -0.2) is 37.2 Å². The number of urea groups is 1. The van der Waals surface area contributed by atoms with E-state index in [1.54, 1.807) is 55.6 Å². The summed E-state index contributed by atoms with van der Waals surface area (Å²) in [7, 11) is 4.61. The molecule has 4 aromatic rings. The second-order valence-corrected chi connectivity index (χ2v) is 7.48. The van der Waals surface area contributed by atoms with Crippen molar-refractivity contribution in [3.05, 3.63) is 82.5 Å². The minimum atomic E-state index is -0.410. The average Bonchev–Trinajstić information content (AvgIpc) is 3.36. The smallest absolute Gasteiger partial charge is 0.322 e. The topological polar surface area (TPSA) is 106 Å². The van der Waals surface area contributed by atoms with Crippen molar-refractivity contribution in [3.63, 3.8) is 0 Å². The molecule has 0 atom stereocenters.